The Labute approximate surface area is 291 Å². The summed E-state index contributed by atoms with van der Waals surface area (Å²) in [5.74, 6) is 4.16. The van der Waals surface area contributed by atoms with Crippen LogP contribution in [-0.2, 0) is 28.7 Å². The Morgan fingerprint density at radius 1 is 0.333 bits per heavy atom. The Bertz CT molecular complexity index is 1070. The largest absolute Gasteiger partial charge is 0.381 e. The average Bonchev–Trinajstić information content (AvgIpc) is 3.15. The molecule has 0 amide bonds. The number of Topliss-reactive ketones (excluding diaryl/α,β-unsaturated/α-hetero) is 4. The second-order valence-electron chi connectivity index (χ2n) is 17.5. The van der Waals surface area contributed by atoms with Gasteiger partial charge < -0.3 is 9.47 Å². The Balaban J connectivity index is 0.843. The minimum Gasteiger partial charge on any atom is -0.381 e. The molecule has 0 aromatic rings. The van der Waals surface area contributed by atoms with Crippen molar-refractivity contribution < 1.29 is 28.7 Å². The Morgan fingerprint density at radius 2 is 0.542 bits per heavy atom. The molecule has 0 aromatic carbocycles. The molecule has 6 fully saturated rings. The summed E-state index contributed by atoms with van der Waals surface area (Å²) in [7, 11) is 1.77. The first-order valence-corrected chi connectivity index (χ1v) is 20.6. The van der Waals surface area contributed by atoms with Crippen LogP contribution >= 0.6 is 0 Å². The number of ketones is 4. The zero-order valence-corrected chi connectivity index (χ0v) is 30.3. The standard InChI is InChI=1S/C42H66O6/c1-27-3-5-28(6-4-27)39(43)29-7-9-31(10-8-29)41(45)34-17-23-37(24-18-34)48-38-25-19-35(20-26-38)42(46)32-13-11-30(12-14-32)40(44)33-15-21-36(47-2)22-16-33/h27-38H,3-26H2,1-2H3. The summed E-state index contributed by atoms with van der Waals surface area (Å²) in [5, 5.41) is 0. The van der Waals surface area contributed by atoms with E-state index in [1.165, 1.54) is 12.8 Å². The van der Waals surface area contributed by atoms with Gasteiger partial charge in [-0.25, -0.2) is 0 Å². The van der Waals surface area contributed by atoms with E-state index in [2.05, 4.69) is 6.92 Å². The van der Waals surface area contributed by atoms with Gasteiger partial charge in [-0.05, 0) is 147 Å². The van der Waals surface area contributed by atoms with Crippen molar-refractivity contribution in [1.82, 2.24) is 0 Å². The number of hydrogen-bond acceptors (Lipinski definition) is 6. The van der Waals surface area contributed by atoms with E-state index in [0.29, 0.717) is 29.2 Å². The Morgan fingerprint density at radius 3 is 0.792 bits per heavy atom. The first-order valence-electron chi connectivity index (χ1n) is 20.6. The molecule has 6 saturated carbocycles. The van der Waals surface area contributed by atoms with Crippen LogP contribution in [-0.4, -0.2) is 48.6 Å². The third kappa shape index (κ3) is 9.09. The normalized spacial score (nSPS) is 41.3. The number of carbonyl (C=O) groups excluding carboxylic acids is 4. The van der Waals surface area contributed by atoms with Gasteiger partial charge in [0, 0.05) is 54.5 Å². The van der Waals surface area contributed by atoms with Gasteiger partial charge in [-0.3, -0.25) is 19.2 Å². The molecule has 6 heteroatoms. The average molecular weight is 667 g/mol. The van der Waals surface area contributed by atoms with Crippen molar-refractivity contribution in [3.05, 3.63) is 0 Å². The van der Waals surface area contributed by atoms with Crippen LogP contribution in [0.1, 0.15) is 161 Å². The molecular weight excluding hydrogens is 600 g/mol. The van der Waals surface area contributed by atoms with E-state index in [-0.39, 0.29) is 59.6 Å². The van der Waals surface area contributed by atoms with Crippen LogP contribution in [0.3, 0.4) is 0 Å². The van der Waals surface area contributed by atoms with Crippen molar-refractivity contribution in [1.29, 1.82) is 0 Å². The van der Waals surface area contributed by atoms with E-state index < -0.39 is 0 Å². The maximum atomic E-state index is 13.5. The van der Waals surface area contributed by atoms with Gasteiger partial charge in [-0.1, -0.05) is 19.8 Å². The quantitative estimate of drug-likeness (QED) is 0.219. The molecule has 0 unspecified atom stereocenters. The zero-order chi connectivity index (χ0) is 33.6. The van der Waals surface area contributed by atoms with Crippen LogP contribution in [0.4, 0.5) is 0 Å². The maximum Gasteiger partial charge on any atom is 0.139 e. The van der Waals surface area contributed by atoms with Gasteiger partial charge >= 0.3 is 0 Å². The molecule has 0 radical (unpaired) electrons. The van der Waals surface area contributed by atoms with Gasteiger partial charge in [0.1, 0.15) is 23.1 Å². The van der Waals surface area contributed by atoms with Gasteiger partial charge in [0.15, 0.2) is 0 Å². The van der Waals surface area contributed by atoms with Gasteiger partial charge in [0.25, 0.3) is 0 Å². The molecule has 270 valence electrons. The zero-order valence-electron chi connectivity index (χ0n) is 30.3. The summed E-state index contributed by atoms with van der Waals surface area (Å²) in [5.41, 5.74) is 0. The van der Waals surface area contributed by atoms with Crippen LogP contribution < -0.4 is 0 Å². The summed E-state index contributed by atoms with van der Waals surface area (Å²) in [6.07, 6.45) is 24.1. The number of carbonyl (C=O) groups is 4. The Kier molecular flexibility index (Phi) is 13.0. The molecule has 0 aliphatic heterocycles. The molecule has 0 N–H and O–H groups in total. The van der Waals surface area contributed by atoms with Crippen molar-refractivity contribution >= 4 is 23.1 Å². The van der Waals surface area contributed by atoms with Crippen molar-refractivity contribution in [3.8, 4) is 0 Å². The SMILES string of the molecule is COC1CCC(C(=O)C2CCC(C(=O)C3CCC(OC4CCC(C(=O)C5CCC(C(=O)C6CCC(C)CC6)CC5)CC4)CC3)CC2)CC1. The van der Waals surface area contributed by atoms with Crippen molar-refractivity contribution in [2.24, 2.45) is 53.3 Å². The lowest BCUT2D eigenvalue weighted by Gasteiger charge is -2.37. The van der Waals surface area contributed by atoms with E-state index >= 15 is 0 Å². The highest BCUT2D eigenvalue weighted by molar-refractivity contribution is 5.86. The molecule has 6 aliphatic carbocycles. The predicted octanol–water partition coefficient (Wildman–Crippen LogP) is 9.04. The minimum atomic E-state index is 0.143. The fourth-order valence-corrected chi connectivity index (χ4v) is 11.0. The number of methoxy groups -OCH3 is 1. The monoisotopic (exact) mass is 666 g/mol. The second kappa shape index (κ2) is 17.2. The fraction of sp³-hybridized carbons (Fsp3) is 0.905. The van der Waals surface area contributed by atoms with E-state index in [1.807, 2.05) is 0 Å². The number of rotatable bonds is 11. The fourth-order valence-electron chi connectivity index (χ4n) is 11.0. The highest BCUT2D eigenvalue weighted by atomic mass is 16.5. The van der Waals surface area contributed by atoms with Gasteiger partial charge in [-0.2, -0.15) is 0 Å². The molecular formula is C42H66O6. The Hall–Kier alpha value is -1.40. The lowest BCUT2D eigenvalue weighted by atomic mass is 9.70. The lowest BCUT2D eigenvalue weighted by Crippen LogP contribution is -2.37. The molecule has 6 aliphatic rings. The molecule has 48 heavy (non-hydrogen) atoms. The smallest absolute Gasteiger partial charge is 0.139 e. The summed E-state index contributed by atoms with van der Waals surface area (Å²) in [6, 6.07) is 0. The topological polar surface area (TPSA) is 86.7 Å². The van der Waals surface area contributed by atoms with Crippen molar-refractivity contribution in [2.75, 3.05) is 7.11 Å². The molecule has 0 saturated heterocycles. The van der Waals surface area contributed by atoms with Gasteiger partial charge in [0.05, 0.1) is 18.3 Å². The first kappa shape index (κ1) is 36.4. The van der Waals surface area contributed by atoms with Gasteiger partial charge in [0.2, 0.25) is 0 Å². The summed E-state index contributed by atoms with van der Waals surface area (Å²) >= 11 is 0. The first-order chi connectivity index (χ1) is 23.3. The number of hydrogen-bond donors (Lipinski definition) is 0. The summed E-state index contributed by atoms with van der Waals surface area (Å²) in [4.78, 5) is 53.2. The summed E-state index contributed by atoms with van der Waals surface area (Å²) < 4.78 is 12.1. The van der Waals surface area contributed by atoms with Crippen molar-refractivity contribution in [2.45, 2.75) is 179 Å². The van der Waals surface area contributed by atoms with E-state index in [1.54, 1.807) is 7.11 Å². The van der Waals surface area contributed by atoms with E-state index in [4.69, 9.17) is 9.47 Å². The maximum absolute atomic E-state index is 13.5. The highest BCUT2D eigenvalue weighted by Gasteiger charge is 2.40. The van der Waals surface area contributed by atoms with Crippen LogP contribution in [0.5, 0.6) is 0 Å². The van der Waals surface area contributed by atoms with Crippen LogP contribution in [0, 0.1) is 53.3 Å². The van der Waals surface area contributed by atoms with Crippen molar-refractivity contribution in [3.63, 3.8) is 0 Å². The molecule has 6 rings (SSSR count). The van der Waals surface area contributed by atoms with E-state index in [9.17, 15) is 19.2 Å². The molecule has 0 spiro atoms. The molecule has 0 aromatic heterocycles. The van der Waals surface area contributed by atoms with Crippen LogP contribution in [0.2, 0.25) is 0 Å². The van der Waals surface area contributed by atoms with Crippen LogP contribution in [0.15, 0.2) is 0 Å². The molecule has 0 bridgehead atoms. The summed E-state index contributed by atoms with van der Waals surface area (Å²) in [6.45, 7) is 2.31. The molecule has 6 nitrogen and oxygen atoms in total. The minimum absolute atomic E-state index is 0.143. The lowest BCUT2D eigenvalue weighted by molar-refractivity contribution is -0.135. The third-order valence-corrected chi connectivity index (χ3v) is 14.4. The van der Waals surface area contributed by atoms with Crippen LogP contribution in [0.25, 0.3) is 0 Å². The van der Waals surface area contributed by atoms with E-state index in [0.717, 1.165) is 147 Å². The molecule has 0 atom stereocenters. The third-order valence-electron chi connectivity index (χ3n) is 14.4. The highest BCUT2D eigenvalue weighted by Crippen LogP contribution is 2.41. The van der Waals surface area contributed by atoms with Gasteiger partial charge in [-0.15, -0.1) is 0 Å². The second-order valence-corrected chi connectivity index (χ2v) is 17.5. The predicted molar refractivity (Wildman–Crippen MR) is 187 cm³/mol. The molecule has 0 heterocycles. The number of ether oxygens (including phenoxy) is 2.